The average molecular weight is 288 g/mol. The van der Waals surface area contributed by atoms with Gasteiger partial charge in [0.1, 0.15) is 16.2 Å². The molecular formula is C9H8N2O7S. The predicted octanol–water partition coefficient (Wildman–Crippen LogP) is -0.605. The maximum atomic E-state index is 11.8. The molecule has 1 unspecified atom stereocenters. The van der Waals surface area contributed by atoms with Crippen LogP contribution < -0.4 is 9.46 Å². The van der Waals surface area contributed by atoms with Gasteiger partial charge in [0.05, 0.1) is 17.6 Å². The van der Waals surface area contributed by atoms with Crippen LogP contribution in [0.4, 0.5) is 0 Å². The van der Waals surface area contributed by atoms with Crippen molar-refractivity contribution in [2.24, 2.45) is 0 Å². The SMILES string of the molecule is COc1ccc(C(O)[N+](=O)[O-])c2c1C(=O)NS2(=O)=O. The van der Waals surface area contributed by atoms with Gasteiger partial charge in [-0.2, -0.15) is 0 Å². The smallest absolute Gasteiger partial charge is 0.341 e. The number of ether oxygens (including phenoxy) is 1. The van der Waals surface area contributed by atoms with E-state index in [2.05, 4.69) is 0 Å². The second-order valence-electron chi connectivity index (χ2n) is 3.65. The molecule has 0 saturated carbocycles. The fraction of sp³-hybridized carbons (Fsp3) is 0.222. The highest BCUT2D eigenvalue weighted by molar-refractivity contribution is 7.90. The van der Waals surface area contributed by atoms with E-state index in [0.29, 0.717) is 0 Å². The molecule has 1 aromatic carbocycles. The summed E-state index contributed by atoms with van der Waals surface area (Å²) < 4.78 is 30.0. The van der Waals surface area contributed by atoms with E-state index in [0.717, 1.165) is 6.07 Å². The second kappa shape index (κ2) is 4.17. The third-order valence-corrected chi connectivity index (χ3v) is 4.00. The first-order chi connectivity index (χ1) is 8.79. The number of benzene rings is 1. The minimum absolute atomic E-state index is 0.0483. The molecule has 2 N–H and O–H groups in total. The van der Waals surface area contributed by atoms with Crippen molar-refractivity contribution in [2.45, 2.75) is 11.1 Å². The highest BCUT2D eigenvalue weighted by Crippen LogP contribution is 2.36. The van der Waals surface area contributed by atoms with Crippen LogP contribution >= 0.6 is 0 Å². The zero-order valence-electron chi connectivity index (χ0n) is 9.48. The summed E-state index contributed by atoms with van der Waals surface area (Å²) in [6.07, 6.45) is -2.25. The molecule has 19 heavy (non-hydrogen) atoms. The molecule has 0 aliphatic carbocycles. The van der Waals surface area contributed by atoms with Gasteiger partial charge in [0.15, 0.2) is 0 Å². The summed E-state index contributed by atoms with van der Waals surface area (Å²) in [6, 6.07) is 2.21. The van der Waals surface area contributed by atoms with Gasteiger partial charge < -0.3 is 9.84 Å². The van der Waals surface area contributed by atoms with Crippen molar-refractivity contribution < 1.29 is 28.0 Å². The fourth-order valence-electron chi connectivity index (χ4n) is 1.80. The van der Waals surface area contributed by atoms with Crippen LogP contribution in [-0.4, -0.2) is 31.5 Å². The van der Waals surface area contributed by atoms with Gasteiger partial charge in [0, 0.05) is 0 Å². The number of hydrogen-bond acceptors (Lipinski definition) is 7. The number of carbonyl (C=O) groups excluding carboxylic acids is 1. The largest absolute Gasteiger partial charge is 0.496 e. The van der Waals surface area contributed by atoms with Crippen molar-refractivity contribution in [3.05, 3.63) is 33.4 Å². The Morgan fingerprint density at radius 3 is 2.63 bits per heavy atom. The molecule has 9 nitrogen and oxygen atoms in total. The van der Waals surface area contributed by atoms with Gasteiger partial charge in [-0.25, -0.2) is 13.1 Å². The topological polar surface area (TPSA) is 136 Å². The fourth-order valence-corrected chi connectivity index (χ4v) is 3.19. The molecule has 0 radical (unpaired) electrons. The molecule has 0 aromatic heterocycles. The molecule has 0 bridgehead atoms. The van der Waals surface area contributed by atoms with E-state index in [1.54, 1.807) is 4.72 Å². The lowest BCUT2D eigenvalue weighted by atomic mass is 10.1. The molecule has 1 aliphatic heterocycles. The van der Waals surface area contributed by atoms with Gasteiger partial charge >= 0.3 is 6.23 Å². The van der Waals surface area contributed by atoms with Crippen LogP contribution in [0, 0.1) is 10.1 Å². The van der Waals surface area contributed by atoms with Gasteiger partial charge in [-0.3, -0.25) is 14.9 Å². The van der Waals surface area contributed by atoms with Gasteiger partial charge in [-0.05, 0) is 12.1 Å². The maximum absolute atomic E-state index is 11.8. The van der Waals surface area contributed by atoms with Gasteiger partial charge in [0.2, 0.25) is 0 Å². The Morgan fingerprint density at radius 2 is 2.11 bits per heavy atom. The van der Waals surface area contributed by atoms with Crippen molar-refractivity contribution in [1.29, 1.82) is 0 Å². The number of hydrogen-bond donors (Lipinski definition) is 2. The molecule has 1 amide bonds. The number of aliphatic hydroxyl groups is 1. The molecule has 1 heterocycles. The molecule has 1 atom stereocenters. The van der Waals surface area contributed by atoms with Crippen LogP contribution in [0.5, 0.6) is 5.75 Å². The summed E-state index contributed by atoms with van der Waals surface area (Å²) in [4.78, 5) is 20.5. The number of aliphatic hydroxyl groups excluding tert-OH is 1. The lowest BCUT2D eigenvalue weighted by Gasteiger charge is -2.09. The van der Waals surface area contributed by atoms with Gasteiger partial charge in [-0.15, -0.1) is 0 Å². The van der Waals surface area contributed by atoms with E-state index in [-0.39, 0.29) is 11.3 Å². The lowest BCUT2D eigenvalue weighted by Crippen LogP contribution is -2.21. The molecule has 10 heteroatoms. The van der Waals surface area contributed by atoms with E-state index in [1.807, 2.05) is 0 Å². The summed E-state index contributed by atoms with van der Waals surface area (Å²) in [5.41, 5.74) is -0.833. The van der Waals surface area contributed by atoms with E-state index >= 15 is 0 Å². The summed E-state index contributed by atoms with van der Waals surface area (Å²) >= 11 is 0. The zero-order chi connectivity index (χ0) is 14.4. The quantitative estimate of drug-likeness (QED) is 0.430. The van der Waals surface area contributed by atoms with Gasteiger partial charge in [-0.1, -0.05) is 0 Å². The number of amides is 1. The molecular weight excluding hydrogens is 280 g/mol. The summed E-state index contributed by atoms with van der Waals surface area (Å²) in [5, 5.41) is 20.0. The minimum atomic E-state index is -4.24. The van der Waals surface area contributed by atoms with Crippen molar-refractivity contribution in [2.75, 3.05) is 7.11 Å². The summed E-state index contributed by atoms with van der Waals surface area (Å²) in [5.74, 6) is -1.00. The standard InChI is InChI=1S/C9H8N2O7S/c1-18-5-3-2-4(9(13)11(14)15)7-6(5)8(12)10-19(7,16)17/h2-3,9,13H,1H3,(H,10,12). The Morgan fingerprint density at radius 1 is 1.47 bits per heavy atom. The van der Waals surface area contributed by atoms with Crippen LogP contribution in [0.3, 0.4) is 0 Å². The highest BCUT2D eigenvalue weighted by Gasteiger charge is 2.41. The van der Waals surface area contributed by atoms with E-state index < -0.39 is 37.5 Å². The summed E-state index contributed by atoms with van der Waals surface area (Å²) in [7, 11) is -3.02. The van der Waals surface area contributed by atoms with Crippen molar-refractivity contribution in [3.63, 3.8) is 0 Å². The molecule has 102 valence electrons. The number of nitrogens with zero attached hydrogens (tertiary/aromatic N) is 1. The maximum Gasteiger partial charge on any atom is 0.341 e. The van der Waals surface area contributed by atoms with E-state index in [4.69, 9.17) is 4.74 Å². The van der Waals surface area contributed by atoms with Crippen LogP contribution in [0.2, 0.25) is 0 Å². The minimum Gasteiger partial charge on any atom is -0.496 e. The van der Waals surface area contributed by atoms with Crippen molar-refractivity contribution >= 4 is 15.9 Å². The number of rotatable bonds is 3. The number of methoxy groups -OCH3 is 1. The Balaban J connectivity index is 2.82. The first-order valence-electron chi connectivity index (χ1n) is 4.89. The predicted molar refractivity (Wildman–Crippen MR) is 59.6 cm³/mol. The van der Waals surface area contributed by atoms with Gasteiger partial charge in [0.25, 0.3) is 15.9 Å². The van der Waals surface area contributed by atoms with E-state index in [9.17, 15) is 28.4 Å². The number of carbonyl (C=O) groups is 1. The van der Waals surface area contributed by atoms with Crippen LogP contribution in [0.15, 0.2) is 17.0 Å². The molecule has 0 fully saturated rings. The molecule has 0 saturated heterocycles. The number of sulfonamides is 1. The summed E-state index contributed by atoms with van der Waals surface area (Å²) in [6.45, 7) is 0. The third kappa shape index (κ3) is 1.90. The molecule has 1 aliphatic rings. The third-order valence-electron chi connectivity index (χ3n) is 2.57. The Kier molecular flexibility index (Phi) is 2.91. The van der Waals surface area contributed by atoms with E-state index in [1.165, 1.54) is 13.2 Å². The van der Waals surface area contributed by atoms with Crippen molar-refractivity contribution in [1.82, 2.24) is 4.72 Å². The Hall–Kier alpha value is -2.20. The van der Waals surface area contributed by atoms with Crippen molar-refractivity contribution in [3.8, 4) is 5.75 Å². The normalized spacial score (nSPS) is 17.5. The Bertz CT molecular complexity index is 682. The first-order valence-corrected chi connectivity index (χ1v) is 6.37. The molecule has 0 spiro atoms. The van der Waals surface area contributed by atoms with Crippen LogP contribution in [-0.2, 0) is 10.0 Å². The lowest BCUT2D eigenvalue weighted by molar-refractivity contribution is -0.578. The second-order valence-corrected chi connectivity index (χ2v) is 5.27. The molecule has 1 aromatic rings. The number of nitro groups is 1. The van der Waals surface area contributed by atoms with Crippen LogP contribution in [0.25, 0.3) is 0 Å². The molecule has 2 rings (SSSR count). The zero-order valence-corrected chi connectivity index (χ0v) is 10.3. The average Bonchev–Trinajstić information content (AvgIpc) is 2.58. The first kappa shape index (κ1) is 13.2. The number of fused-ring (bicyclic) bond motifs is 1. The monoisotopic (exact) mass is 288 g/mol. The highest BCUT2D eigenvalue weighted by atomic mass is 32.2. The Labute approximate surface area is 107 Å². The van der Waals surface area contributed by atoms with Crippen LogP contribution in [0.1, 0.15) is 22.1 Å². The number of nitrogens with one attached hydrogen (secondary N) is 1.